The van der Waals surface area contributed by atoms with Crippen molar-refractivity contribution in [3.05, 3.63) is 30.3 Å². The quantitative estimate of drug-likeness (QED) is 0.789. The summed E-state index contributed by atoms with van der Waals surface area (Å²) in [5, 5.41) is 0. The first kappa shape index (κ1) is 13.6. The average Bonchev–Trinajstić information content (AvgIpc) is 3.05. The molecule has 0 atom stereocenters. The zero-order valence-electron chi connectivity index (χ0n) is 11.6. The third-order valence-corrected chi connectivity index (χ3v) is 3.23. The molecule has 0 saturated carbocycles. The molecule has 1 fully saturated rings. The topological polar surface area (TPSA) is 77.7 Å². The lowest BCUT2D eigenvalue weighted by molar-refractivity contribution is 0.0594. The number of carbonyl (C=O) groups excluding carboxylic acids is 1. The fourth-order valence-corrected chi connectivity index (χ4v) is 2.12. The Morgan fingerprint density at radius 1 is 1.38 bits per heavy atom. The summed E-state index contributed by atoms with van der Waals surface area (Å²) < 4.78 is 15.3. The van der Waals surface area contributed by atoms with Crippen LogP contribution in [-0.2, 0) is 9.47 Å². The van der Waals surface area contributed by atoms with Crippen LogP contribution in [0.4, 0.5) is 5.82 Å². The van der Waals surface area contributed by atoms with Gasteiger partial charge in [-0.05, 0) is 12.1 Å². The van der Waals surface area contributed by atoms with Gasteiger partial charge in [0.2, 0.25) is 5.89 Å². The van der Waals surface area contributed by atoms with Crippen molar-refractivity contribution in [2.45, 2.75) is 0 Å². The number of ether oxygens (including phenoxy) is 2. The van der Waals surface area contributed by atoms with Gasteiger partial charge in [-0.1, -0.05) is 0 Å². The highest BCUT2D eigenvalue weighted by Gasteiger charge is 2.16. The minimum atomic E-state index is -0.521. The Balaban J connectivity index is 1.85. The van der Waals surface area contributed by atoms with Gasteiger partial charge in [-0.3, -0.25) is 0 Å². The number of esters is 1. The van der Waals surface area contributed by atoms with Crippen LogP contribution in [0.3, 0.4) is 0 Å². The van der Waals surface area contributed by atoms with Gasteiger partial charge in [-0.25, -0.2) is 14.8 Å². The summed E-state index contributed by atoms with van der Waals surface area (Å²) in [5.74, 6) is 0.688. The molecule has 0 spiro atoms. The van der Waals surface area contributed by atoms with E-state index in [0.717, 1.165) is 24.5 Å². The molecule has 3 rings (SSSR count). The van der Waals surface area contributed by atoms with Crippen LogP contribution in [0.5, 0.6) is 0 Å². The Labute approximate surface area is 121 Å². The van der Waals surface area contributed by atoms with Crippen molar-refractivity contribution in [1.29, 1.82) is 0 Å². The number of oxazole rings is 1. The molecule has 110 valence electrons. The highest BCUT2D eigenvalue weighted by atomic mass is 16.5. The van der Waals surface area contributed by atoms with Gasteiger partial charge in [0, 0.05) is 24.8 Å². The van der Waals surface area contributed by atoms with Crippen molar-refractivity contribution in [2.24, 2.45) is 0 Å². The Morgan fingerprint density at radius 3 is 2.95 bits per heavy atom. The summed E-state index contributed by atoms with van der Waals surface area (Å²) in [6, 6.07) is 3.68. The molecule has 0 amide bonds. The minimum Gasteiger partial charge on any atom is -0.464 e. The second-order valence-corrected chi connectivity index (χ2v) is 4.53. The van der Waals surface area contributed by atoms with E-state index in [-0.39, 0.29) is 5.69 Å². The van der Waals surface area contributed by atoms with Crippen LogP contribution in [0.2, 0.25) is 0 Å². The second-order valence-electron chi connectivity index (χ2n) is 4.53. The molecule has 1 aliphatic rings. The fourth-order valence-electron chi connectivity index (χ4n) is 2.12. The molecule has 7 heteroatoms. The Kier molecular flexibility index (Phi) is 3.83. The van der Waals surface area contributed by atoms with Gasteiger partial charge in [0.1, 0.15) is 12.1 Å². The summed E-state index contributed by atoms with van der Waals surface area (Å²) in [6.45, 7) is 2.99. The maximum atomic E-state index is 11.4. The van der Waals surface area contributed by atoms with Crippen molar-refractivity contribution >= 4 is 11.8 Å². The maximum Gasteiger partial charge on any atom is 0.360 e. The Hall–Kier alpha value is -2.41. The van der Waals surface area contributed by atoms with Crippen LogP contribution in [-0.4, -0.2) is 49.4 Å². The molecule has 0 aliphatic carbocycles. The first-order valence-corrected chi connectivity index (χ1v) is 6.61. The number of anilines is 1. The molecule has 1 aliphatic heterocycles. The number of aromatic nitrogens is 2. The first-order valence-electron chi connectivity index (χ1n) is 6.61. The molecule has 0 aromatic carbocycles. The molecule has 0 radical (unpaired) electrons. The van der Waals surface area contributed by atoms with E-state index in [9.17, 15) is 4.79 Å². The molecule has 7 nitrogen and oxygen atoms in total. The highest BCUT2D eigenvalue weighted by molar-refractivity contribution is 5.87. The number of methoxy groups -OCH3 is 1. The molecular weight excluding hydrogens is 274 g/mol. The number of rotatable bonds is 3. The molecule has 3 heterocycles. The summed E-state index contributed by atoms with van der Waals surface area (Å²) in [7, 11) is 1.31. The number of hydrogen-bond acceptors (Lipinski definition) is 7. The standard InChI is InChI=1S/C14H15N3O4/c1-19-14(18)11-9-21-13(16-11)10-2-3-15-12(8-10)17-4-6-20-7-5-17/h2-3,8-9H,4-7H2,1H3. The average molecular weight is 289 g/mol. The van der Waals surface area contributed by atoms with E-state index in [1.165, 1.54) is 13.4 Å². The van der Waals surface area contributed by atoms with E-state index in [0.29, 0.717) is 19.1 Å². The third kappa shape index (κ3) is 2.87. The Bertz CT molecular complexity index is 635. The summed E-state index contributed by atoms with van der Waals surface area (Å²) in [4.78, 5) is 22.0. The van der Waals surface area contributed by atoms with Gasteiger partial charge in [0.25, 0.3) is 0 Å². The van der Waals surface area contributed by atoms with Gasteiger partial charge in [-0.15, -0.1) is 0 Å². The third-order valence-electron chi connectivity index (χ3n) is 3.23. The van der Waals surface area contributed by atoms with Crippen LogP contribution < -0.4 is 4.90 Å². The molecule has 2 aromatic rings. The molecule has 21 heavy (non-hydrogen) atoms. The van der Waals surface area contributed by atoms with Crippen LogP contribution in [0, 0.1) is 0 Å². The number of carbonyl (C=O) groups is 1. The SMILES string of the molecule is COC(=O)c1coc(-c2ccnc(N3CCOCC3)c2)n1. The second kappa shape index (κ2) is 5.92. The number of morpholine rings is 1. The smallest absolute Gasteiger partial charge is 0.360 e. The zero-order chi connectivity index (χ0) is 14.7. The van der Waals surface area contributed by atoms with Crippen molar-refractivity contribution in [2.75, 3.05) is 38.3 Å². The van der Waals surface area contributed by atoms with Gasteiger partial charge in [0.15, 0.2) is 5.69 Å². The lowest BCUT2D eigenvalue weighted by Gasteiger charge is -2.27. The summed E-state index contributed by atoms with van der Waals surface area (Å²) >= 11 is 0. The summed E-state index contributed by atoms with van der Waals surface area (Å²) in [6.07, 6.45) is 2.98. The zero-order valence-corrected chi connectivity index (χ0v) is 11.6. The van der Waals surface area contributed by atoms with Crippen LogP contribution >= 0.6 is 0 Å². The van der Waals surface area contributed by atoms with Gasteiger partial charge in [0.05, 0.1) is 20.3 Å². The van der Waals surface area contributed by atoms with Gasteiger partial charge >= 0.3 is 5.97 Å². The Morgan fingerprint density at radius 2 is 2.19 bits per heavy atom. The van der Waals surface area contributed by atoms with E-state index in [1.807, 2.05) is 6.07 Å². The largest absolute Gasteiger partial charge is 0.464 e. The highest BCUT2D eigenvalue weighted by Crippen LogP contribution is 2.23. The van der Waals surface area contributed by atoms with E-state index in [4.69, 9.17) is 9.15 Å². The number of pyridine rings is 1. The van der Waals surface area contributed by atoms with E-state index in [1.54, 1.807) is 12.3 Å². The van der Waals surface area contributed by atoms with Crippen LogP contribution in [0.15, 0.2) is 29.0 Å². The molecule has 2 aromatic heterocycles. The number of hydrogen-bond donors (Lipinski definition) is 0. The van der Waals surface area contributed by atoms with Gasteiger partial charge < -0.3 is 18.8 Å². The van der Waals surface area contributed by atoms with Gasteiger partial charge in [-0.2, -0.15) is 0 Å². The molecule has 0 N–H and O–H groups in total. The van der Waals surface area contributed by atoms with Crippen molar-refractivity contribution in [1.82, 2.24) is 9.97 Å². The van der Waals surface area contributed by atoms with Crippen LogP contribution in [0.1, 0.15) is 10.5 Å². The fraction of sp³-hybridized carbons (Fsp3) is 0.357. The molecule has 1 saturated heterocycles. The predicted octanol–water partition coefficient (Wildman–Crippen LogP) is 1.36. The predicted molar refractivity (Wildman–Crippen MR) is 74.1 cm³/mol. The number of nitrogens with zero attached hydrogens (tertiary/aromatic N) is 3. The van der Waals surface area contributed by atoms with E-state index in [2.05, 4.69) is 19.6 Å². The normalized spacial score (nSPS) is 15.0. The van der Waals surface area contributed by atoms with E-state index < -0.39 is 5.97 Å². The molecule has 0 unspecified atom stereocenters. The van der Waals surface area contributed by atoms with E-state index >= 15 is 0 Å². The maximum absolute atomic E-state index is 11.4. The minimum absolute atomic E-state index is 0.150. The molecular formula is C14H15N3O4. The van der Waals surface area contributed by atoms with Crippen molar-refractivity contribution in [3.8, 4) is 11.5 Å². The van der Waals surface area contributed by atoms with Crippen LogP contribution in [0.25, 0.3) is 11.5 Å². The molecule has 0 bridgehead atoms. The first-order chi connectivity index (χ1) is 10.3. The van der Waals surface area contributed by atoms with Crippen molar-refractivity contribution < 1.29 is 18.7 Å². The summed E-state index contributed by atoms with van der Waals surface area (Å²) in [5.41, 5.74) is 0.916. The lowest BCUT2D eigenvalue weighted by atomic mass is 10.2. The lowest BCUT2D eigenvalue weighted by Crippen LogP contribution is -2.36. The monoisotopic (exact) mass is 289 g/mol. The van der Waals surface area contributed by atoms with Crippen molar-refractivity contribution in [3.63, 3.8) is 0 Å².